The molecule has 1 aliphatic heterocycles. The SMILES string of the molecule is CC(C)CN1C(=O)[C@H](NC(=O)OCc2ccccc2)N=C(C2CCCCCC2)c2ccccc21. The highest BCUT2D eigenvalue weighted by molar-refractivity contribution is 6.14. The largest absolute Gasteiger partial charge is 0.445 e. The molecular formula is C28H35N3O3. The Balaban J connectivity index is 1.64. The maximum absolute atomic E-state index is 13.7. The molecule has 0 saturated heterocycles. The van der Waals surface area contributed by atoms with Crippen molar-refractivity contribution < 1.29 is 14.3 Å². The van der Waals surface area contributed by atoms with Crippen LogP contribution in [-0.2, 0) is 16.1 Å². The van der Waals surface area contributed by atoms with Crippen molar-refractivity contribution in [1.82, 2.24) is 5.32 Å². The van der Waals surface area contributed by atoms with Gasteiger partial charge in [-0.3, -0.25) is 15.1 Å². The van der Waals surface area contributed by atoms with Gasteiger partial charge in [0.15, 0.2) is 0 Å². The molecule has 6 nitrogen and oxygen atoms in total. The average molecular weight is 462 g/mol. The van der Waals surface area contributed by atoms with Crippen molar-refractivity contribution in [2.24, 2.45) is 16.8 Å². The van der Waals surface area contributed by atoms with E-state index in [2.05, 4.69) is 25.2 Å². The van der Waals surface area contributed by atoms with Crippen molar-refractivity contribution in [3.8, 4) is 0 Å². The lowest BCUT2D eigenvalue weighted by Crippen LogP contribution is -2.48. The minimum Gasteiger partial charge on any atom is -0.445 e. The smallest absolute Gasteiger partial charge is 0.409 e. The average Bonchev–Trinajstić information content (AvgIpc) is 3.18. The minimum absolute atomic E-state index is 0.142. The van der Waals surface area contributed by atoms with Crippen LogP contribution in [0.4, 0.5) is 10.5 Å². The molecule has 1 aliphatic carbocycles. The molecule has 0 aromatic heterocycles. The van der Waals surface area contributed by atoms with Crippen molar-refractivity contribution in [2.45, 2.75) is 65.1 Å². The van der Waals surface area contributed by atoms with Crippen LogP contribution in [0, 0.1) is 11.8 Å². The molecule has 1 atom stereocenters. The number of hydrogen-bond acceptors (Lipinski definition) is 4. The molecule has 2 aliphatic rings. The summed E-state index contributed by atoms with van der Waals surface area (Å²) in [4.78, 5) is 33.1. The molecule has 0 unspecified atom stereocenters. The molecule has 6 heteroatoms. The van der Waals surface area contributed by atoms with Crippen LogP contribution in [0.2, 0.25) is 0 Å². The van der Waals surface area contributed by atoms with Crippen LogP contribution in [0.5, 0.6) is 0 Å². The van der Waals surface area contributed by atoms with Crippen molar-refractivity contribution in [3.05, 3.63) is 65.7 Å². The lowest BCUT2D eigenvalue weighted by Gasteiger charge is -2.27. The number of nitrogens with one attached hydrogen (secondary N) is 1. The summed E-state index contributed by atoms with van der Waals surface area (Å²) in [5, 5.41) is 2.76. The van der Waals surface area contributed by atoms with E-state index in [1.165, 1.54) is 12.8 Å². The second-order valence-electron chi connectivity index (χ2n) is 9.67. The van der Waals surface area contributed by atoms with Gasteiger partial charge in [0.05, 0.1) is 11.4 Å². The van der Waals surface area contributed by atoms with Crippen LogP contribution in [0.15, 0.2) is 59.6 Å². The monoisotopic (exact) mass is 461 g/mol. The number of nitrogens with zero attached hydrogens (tertiary/aromatic N) is 2. The van der Waals surface area contributed by atoms with Crippen LogP contribution in [0.1, 0.15) is 63.5 Å². The molecule has 2 amide bonds. The summed E-state index contributed by atoms with van der Waals surface area (Å²) in [6, 6.07) is 17.5. The maximum Gasteiger partial charge on any atom is 0.409 e. The Morgan fingerprint density at radius 2 is 1.71 bits per heavy atom. The van der Waals surface area contributed by atoms with E-state index in [1.807, 2.05) is 48.5 Å². The number of benzodiazepines with no additional fused rings is 1. The molecule has 1 fully saturated rings. The van der Waals surface area contributed by atoms with Gasteiger partial charge >= 0.3 is 6.09 Å². The van der Waals surface area contributed by atoms with Gasteiger partial charge in [0.25, 0.3) is 5.91 Å². The highest BCUT2D eigenvalue weighted by atomic mass is 16.5. The number of carbonyl (C=O) groups excluding carboxylic acids is 2. The number of benzene rings is 2. The third kappa shape index (κ3) is 5.85. The molecule has 4 rings (SSSR count). The second-order valence-corrected chi connectivity index (χ2v) is 9.67. The first-order valence-corrected chi connectivity index (χ1v) is 12.5. The Morgan fingerprint density at radius 1 is 1.03 bits per heavy atom. The van der Waals surface area contributed by atoms with Crippen molar-refractivity contribution in [1.29, 1.82) is 0 Å². The number of fused-ring (bicyclic) bond motifs is 1. The Labute approximate surface area is 202 Å². The highest BCUT2D eigenvalue weighted by Crippen LogP contribution is 2.33. The Kier molecular flexibility index (Phi) is 7.99. The van der Waals surface area contributed by atoms with Gasteiger partial charge in [0.1, 0.15) is 6.61 Å². The lowest BCUT2D eigenvalue weighted by atomic mass is 9.89. The quantitative estimate of drug-likeness (QED) is 0.561. The molecule has 1 saturated carbocycles. The third-order valence-corrected chi connectivity index (χ3v) is 6.50. The standard InChI is InChI=1S/C28H35N3O3/c1-20(2)18-31-24-17-11-10-16-23(24)25(22-14-8-3-4-9-15-22)29-26(27(31)32)30-28(33)34-19-21-12-6-5-7-13-21/h5-7,10-13,16-17,20,22,26H,3-4,8-9,14-15,18-19H2,1-2H3,(H,30,33)/t26-/m0/s1. The van der Waals surface area contributed by atoms with Crippen molar-refractivity contribution in [2.75, 3.05) is 11.4 Å². The van der Waals surface area contributed by atoms with Crippen LogP contribution >= 0.6 is 0 Å². The third-order valence-electron chi connectivity index (χ3n) is 6.50. The van der Waals surface area contributed by atoms with E-state index in [4.69, 9.17) is 9.73 Å². The molecule has 0 bridgehead atoms. The zero-order chi connectivity index (χ0) is 23.9. The zero-order valence-electron chi connectivity index (χ0n) is 20.2. The van der Waals surface area contributed by atoms with E-state index in [-0.39, 0.29) is 24.3 Å². The van der Waals surface area contributed by atoms with E-state index in [1.54, 1.807) is 4.90 Å². The van der Waals surface area contributed by atoms with Gasteiger partial charge in [-0.1, -0.05) is 88.1 Å². The fraction of sp³-hybridized carbons (Fsp3) is 0.464. The van der Waals surface area contributed by atoms with Crippen molar-refractivity contribution >= 4 is 23.4 Å². The van der Waals surface area contributed by atoms with Crippen LogP contribution in [-0.4, -0.2) is 30.4 Å². The minimum atomic E-state index is -1.01. The summed E-state index contributed by atoms with van der Waals surface area (Å²) in [7, 11) is 0. The summed E-state index contributed by atoms with van der Waals surface area (Å²) in [6.45, 7) is 4.87. The Bertz CT molecular complexity index is 1010. The number of amides is 2. The molecule has 180 valence electrons. The molecular weight excluding hydrogens is 426 g/mol. The molecule has 0 radical (unpaired) electrons. The fourth-order valence-corrected chi connectivity index (χ4v) is 4.86. The predicted octanol–water partition coefficient (Wildman–Crippen LogP) is 5.70. The number of anilines is 1. The number of ether oxygens (including phenoxy) is 1. The van der Waals surface area contributed by atoms with Crippen LogP contribution in [0.25, 0.3) is 0 Å². The highest BCUT2D eigenvalue weighted by Gasteiger charge is 2.35. The molecule has 2 aromatic rings. The lowest BCUT2D eigenvalue weighted by molar-refractivity contribution is -0.120. The summed E-state index contributed by atoms with van der Waals surface area (Å²) in [5.41, 5.74) is 3.71. The first-order valence-electron chi connectivity index (χ1n) is 12.5. The molecule has 0 spiro atoms. The Morgan fingerprint density at radius 3 is 2.41 bits per heavy atom. The van der Waals surface area contributed by atoms with E-state index in [9.17, 15) is 9.59 Å². The van der Waals surface area contributed by atoms with Gasteiger partial charge in [0.2, 0.25) is 6.17 Å². The normalized spacial score (nSPS) is 19.1. The van der Waals surface area contributed by atoms with E-state index >= 15 is 0 Å². The van der Waals surface area contributed by atoms with Gasteiger partial charge in [-0.05, 0) is 30.4 Å². The van der Waals surface area contributed by atoms with E-state index in [0.29, 0.717) is 6.54 Å². The topological polar surface area (TPSA) is 71.0 Å². The summed E-state index contributed by atoms with van der Waals surface area (Å²) in [5.74, 6) is 0.323. The van der Waals surface area contributed by atoms with Crippen LogP contribution in [0.3, 0.4) is 0 Å². The van der Waals surface area contributed by atoms with Gasteiger partial charge in [0, 0.05) is 18.0 Å². The van der Waals surface area contributed by atoms with Gasteiger partial charge in [-0.15, -0.1) is 0 Å². The number of para-hydroxylation sites is 1. The predicted molar refractivity (Wildman–Crippen MR) is 135 cm³/mol. The first-order chi connectivity index (χ1) is 16.5. The number of alkyl carbamates (subject to hydrolysis) is 1. The van der Waals surface area contributed by atoms with Gasteiger partial charge < -0.3 is 9.64 Å². The molecule has 1 N–H and O–H groups in total. The fourth-order valence-electron chi connectivity index (χ4n) is 4.86. The zero-order valence-corrected chi connectivity index (χ0v) is 20.2. The summed E-state index contributed by atoms with van der Waals surface area (Å²) >= 11 is 0. The first kappa shape index (κ1) is 24.0. The molecule has 34 heavy (non-hydrogen) atoms. The number of aliphatic imine (C=N–C) groups is 1. The summed E-state index contributed by atoms with van der Waals surface area (Å²) < 4.78 is 5.42. The Hall–Kier alpha value is -3.15. The molecule has 2 aromatic carbocycles. The van der Waals surface area contributed by atoms with Crippen molar-refractivity contribution in [3.63, 3.8) is 0 Å². The van der Waals surface area contributed by atoms with E-state index < -0.39 is 12.3 Å². The number of hydrogen-bond donors (Lipinski definition) is 1. The maximum atomic E-state index is 13.7. The summed E-state index contributed by atoms with van der Waals surface area (Å²) in [6.07, 6.45) is 5.25. The number of carbonyl (C=O) groups is 2. The second kappa shape index (κ2) is 11.3. The van der Waals surface area contributed by atoms with Gasteiger partial charge in [-0.2, -0.15) is 0 Å². The number of rotatable bonds is 6. The van der Waals surface area contributed by atoms with E-state index in [0.717, 1.165) is 48.2 Å². The van der Waals surface area contributed by atoms with Gasteiger partial charge in [-0.25, -0.2) is 4.79 Å². The molecule has 1 heterocycles. The van der Waals surface area contributed by atoms with Crippen LogP contribution < -0.4 is 10.2 Å².